The third kappa shape index (κ3) is 5.52. The van der Waals surface area contributed by atoms with Crippen molar-refractivity contribution in [3.63, 3.8) is 0 Å². The van der Waals surface area contributed by atoms with Gasteiger partial charge in [0.25, 0.3) is 0 Å². The fourth-order valence-electron chi connectivity index (χ4n) is 4.26. The van der Waals surface area contributed by atoms with Gasteiger partial charge in [-0.3, -0.25) is 5.10 Å². The number of rotatable bonds is 10. The Balaban J connectivity index is 1.70. The molecule has 0 amide bonds. The molecule has 5 nitrogen and oxygen atoms in total. The van der Waals surface area contributed by atoms with Crippen LogP contribution in [-0.4, -0.2) is 34.0 Å². The lowest BCUT2D eigenvalue weighted by Gasteiger charge is -2.52. The van der Waals surface area contributed by atoms with E-state index in [1.807, 2.05) is 19.1 Å². The van der Waals surface area contributed by atoms with E-state index in [4.69, 9.17) is 4.99 Å². The van der Waals surface area contributed by atoms with Gasteiger partial charge in [0, 0.05) is 36.2 Å². The predicted octanol–water partition coefficient (Wildman–Crippen LogP) is 6.07. The zero-order valence-corrected chi connectivity index (χ0v) is 19.0. The SMILES string of the molecule is C\C=C/C(=N\C(=C\CC)N1CC(CC)(CC(C)CC)C1)Nc1cc(C2CC2)[nH]n1. The summed E-state index contributed by atoms with van der Waals surface area (Å²) in [4.78, 5) is 7.44. The molecule has 2 heterocycles. The fraction of sp³-hybridized carbons (Fsp3) is 0.667. The Morgan fingerprint density at radius 2 is 2.14 bits per heavy atom. The van der Waals surface area contributed by atoms with Crippen molar-refractivity contribution in [1.29, 1.82) is 0 Å². The Morgan fingerprint density at radius 1 is 1.38 bits per heavy atom. The summed E-state index contributed by atoms with van der Waals surface area (Å²) in [6.45, 7) is 13.5. The lowest BCUT2D eigenvalue weighted by Crippen LogP contribution is -2.55. The van der Waals surface area contributed by atoms with Gasteiger partial charge in [0.1, 0.15) is 11.7 Å². The third-order valence-electron chi connectivity index (χ3n) is 6.42. The lowest BCUT2D eigenvalue weighted by molar-refractivity contribution is 0.00359. The van der Waals surface area contributed by atoms with Crippen molar-refractivity contribution < 1.29 is 0 Å². The van der Waals surface area contributed by atoms with Crippen LogP contribution in [0.15, 0.2) is 35.1 Å². The Hall–Kier alpha value is -2.04. The number of anilines is 1. The molecule has 160 valence electrons. The zero-order chi connectivity index (χ0) is 20.9. The minimum atomic E-state index is 0.452. The van der Waals surface area contributed by atoms with Crippen molar-refractivity contribution in [2.75, 3.05) is 18.4 Å². The summed E-state index contributed by atoms with van der Waals surface area (Å²) < 4.78 is 0. The molecule has 3 rings (SSSR count). The largest absolute Gasteiger partial charge is 0.356 e. The molecule has 0 spiro atoms. The summed E-state index contributed by atoms with van der Waals surface area (Å²) in [6, 6.07) is 2.12. The summed E-state index contributed by atoms with van der Waals surface area (Å²) in [5.74, 6) is 4.24. The van der Waals surface area contributed by atoms with Gasteiger partial charge in [0.15, 0.2) is 5.82 Å². The second kappa shape index (κ2) is 9.64. The molecule has 0 radical (unpaired) electrons. The molecule has 1 atom stereocenters. The molecule has 5 heteroatoms. The maximum Gasteiger partial charge on any atom is 0.153 e. The molecule has 1 aromatic rings. The van der Waals surface area contributed by atoms with Crippen LogP contribution in [0.5, 0.6) is 0 Å². The van der Waals surface area contributed by atoms with Crippen LogP contribution >= 0.6 is 0 Å². The van der Waals surface area contributed by atoms with Gasteiger partial charge in [-0.1, -0.05) is 40.2 Å². The highest BCUT2D eigenvalue weighted by atomic mass is 15.3. The number of nitrogens with zero attached hydrogens (tertiary/aromatic N) is 3. The first kappa shape index (κ1) is 21.7. The number of hydrogen-bond donors (Lipinski definition) is 2. The Morgan fingerprint density at radius 3 is 2.72 bits per heavy atom. The van der Waals surface area contributed by atoms with Crippen molar-refractivity contribution in [1.82, 2.24) is 15.1 Å². The number of amidine groups is 1. The van der Waals surface area contributed by atoms with Crippen molar-refractivity contribution in [2.45, 2.75) is 79.1 Å². The minimum absolute atomic E-state index is 0.452. The van der Waals surface area contributed by atoms with E-state index in [0.29, 0.717) is 11.3 Å². The van der Waals surface area contributed by atoms with Gasteiger partial charge >= 0.3 is 0 Å². The van der Waals surface area contributed by atoms with Crippen molar-refractivity contribution in [2.24, 2.45) is 16.3 Å². The first-order chi connectivity index (χ1) is 14.0. The van der Waals surface area contributed by atoms with E-state index in [9.17, 15) is 0 Å². The fourth-order valence-corrected chi connectivity index (χ4v) is 4.26. The van der Waals surface area contributed by atoms with Crippen LogP contribution in [0.1, 0.15) is 84.8 Å². The molecule has 1 aliphatic heterocycles. The van der Waals surface area contributed by atoms with Crippen molar-refractivity contribution >= 4 is 11.7 Å². The van der Waals surface area contributed by atoms with Crippen LogP contribution in [0.4, 0.5) is 5.82 Å². The molecule has 1 saturated heterocycles. The summed E-state index contributed by atoms with van der Waals surface area (Å²) in [5.41, 5.74) is 1.69. The van der Waals surface area contributed by atoms with E-state index in [-0.39, 0.29) is 0 Å². The highest BCUT2D eigenvalue weighted by Crippen LogP contribution is 2.42. The minimum Gasteiger partial charge on any atom is -0.356 e. The highest BCUT2D eigenvalue weighted by Gasteiger charge is 2.42. The van der Waals surface area contributed by atoms with Crippen molar-refractivity contribution in [3.05, 3.63) is 35.8 Å². The first-order valence-electron chi connectivity index (χ1n) is 11.5. The summed E-state index contributed by atoms with van der Waals surface area (Å²) in [5, 5.41) is 11.0. The number of nitrogens with one attached hydrogen (secondary N) is 2. The number of allylic oxidation sites excluding steroid dienone is 2. The third-order valence-corrected chi connectivity index (χ3v) is 6.42. The number of aromatic amines is 1. The monoisotopic (exact) mass is 397 g/mol. The molecule has 1 saturated carbocycles. The summed E-state index contributed by atoms with van der Waals surface area (Å²) in [7, 11) is 0. The van der Waals surface area contributed by atoms with Gasteiger partial charge in [-0.15, -0.1) is 0 Å². The smallest absolute Gasteiger partial charge is 0.153 e. The Labute approximate surface area is 176 Å². The first-order valence-corrected chi connectivity index (χ1v) is 11.5. The van der Waals surface area contributed by atoms with Crippen LogP contribution in [0.2, 0.25) is 0 Å². The molecular weight excluding hydrogens is 358 g/mol. The van der Waals surface area contributed by atoms with Crippen molar-refractivity contribution in [3.8, 4) is 0 Å². The molecule has 2 fully saturated rings. The van der Waals surface area contributed by atoms with Gasteiger partial charge in [0.2, 0.25) is 0 Å². The molecule has 2 aliphatic rings. The quantitative estimate of drug-likeness (QED) is 0.372. The maximum atomic E-state index is 4.99. The van der Waals surface area contributed by atoms with Gasteiger partial charge < -0.3 is 10.2 Å². The number of H-pyrrole nitrogens is 1. The second-order valence-electron chi connectivity index (χ2n) is 9.00. The molecule has 0 aromatic carbocycles. The van der Waals surface area contributed by atoms with Crippen LogP contribution < -0.4 is 5.32 Å². The summed E-state index contributed by atoms with van der Waals surface area (Å²) in [6.07, 6.45) is 13.6. The molecule has 1 unspecified atom stereocenters. The highest BCUT2D eigenvalue weighted by molar-refractivity contribution is 6.03. The predicted molar refractivity (Wildman–Crippen MR) is 123 cm³/mol. The van der Waals surface area contributed by atoms with E-state index >= 15 is 0 Å². The van der Waals surface area contributed by atoms with Crippen LogP contribution in [0, 0.1) is 11.3 Å². The molecule has 1 aliphatic carbocycles. The van der Waals surface area contributed by atoms with Gasteiger partial charge in [0.05, 0.1) is 0 Å². The average molecular weight is 398 g/mol. The number of aliphatic imine (C=N–C) groups is 1. The van der Waals surface area contributed by atoms with Gasteiger partial charge in [-0.25, -0.2) is 4.99 Å². The number of hydrogen-bond acceptors (Lipinski definition) is 3. The summed E-state index contributed by atoms with van der Waals surface area (Å²) >= 11 is 0. The normalized spacial score (nSPS) is 20.8. The van der Waals surface area contributed by atoms with Gasteiger partial charge in [-0.05, 0) is 57.1 Å². The molecule has 2 N–H and O–H groups in total. The lowest BCUT2D eigenvalue weighted by atomic mass is 9.71. The second-order valence-corrected chi connectivity index (χ2v) is 9.00. The number of likely N-dealkylation sites (tertiary alicyclic amines) is 1. The van der Waals surface area contributed by atoms with E-state index in [1.54, 1.807) is 0 Å². The molecule has 29 heavy (non-hydrogen) atoms. The number of aromatic nitrogens is 2. The Kier molecular flexibility index (Phi) is 7.20. The topological polar surface area (TPSA) is 56.3 Å². The van der Waals surface area contributed by atoms with E-state index < -0.39 is 0 Å². The molecular formula is C24H39N5. The molecule has 0 bridgehead atoms. The van der Waals surface area contributed by atoms with Crippen LogP contribution in [0.25, 0.3) is 0 Å². The van der Waals surface area contributed by atoms with E-state index in [0.717, 1.165) is 42.9 Å². The van der Waals surface area contributed by atoms with Gasteiger partial charge in [-0.2, -0.15) is 5.10 Å². The standard InChI is InChI=1S/C24H39N5/c1-6-10-21(25-22-14-20(27-28-22)19-12-13-19)26-23(11-7-2)29-16-24(9-4,17-29)15-18(5)8-3/h6,10-11,14,18-19H,7-9,12-13,15-17H2,1-5H3,(H2,25,26,27,28)/b10-6-,23-11-. The van der Waals surface area contributed by atoms with Crippen LogP contribution in [0.3, 0.4) is 0 Å². The zero-order valence-electron chi connectivity index (χ0n) is 19.0. The van der Waals surface area contributed by atoms with E-state index in [1.165, 1.54) is 37.8 Å². The van der Waals surface area contributed by atoms with E-state index in [2.05, 4.69) is 60.3 Å². The van der Waals surface area contributed by atoms with Crippen LogP contribution in [-0.2, 0) is 0 Å². The maximum absolute atomic E-state index is 4.99. The molecule has 1 aromatic heterocycles. The Bertz CT molecular complexity index is 747. The average Bonchev–Trinajstić information content (AvgIpc) is 3.43.